The molecule has 1 aliphatic heterocycles. The summed E-state index contributed by atoms with van der Waals surface area (Å²) in [5.41, 5.74) is 2.93. The lowest BCUT2D eigenvalue weighted by molar-refractivity contribution is 0.181. The summed E-state index contributed by atoms with van der Waals surface area (Å²) in [5, 5.41) is 6.86. The molecule has 0 atom stereocenters. The largest absolute Gasteiger partial charge is 0.380 e. The van der Waals surface area contributed by atoms with Crippen LogP contribution in [0.3, 0.4) is 0 Å². The second-order valence-electron chi connectivity index (χ2n) is 7.46. The minimum atomic E-state index is -0.236. The Morgan fingerprint density at radius 3 is 2.59 bits per heavy atom. The fourth-order valence-corrected chi connectivity index (χ4v) is 3.65. The standard InChI is InChI=1S/C23H31FN4O/c1-25-23(26-15-19-8-9-22(24)20(14-19)17-29-2)27-21-10-12-28(13-11-21)16-18-6-4-3-5-7-18/h3-9,14,21H,10-13,15-17H2,1-2H3,(H2,25,26,27). The summed E-state index contributed by atoms with van der Waals surface area (Å²) in [6.45, 7) is 4.01. The molecule has 29 heavy (non-hydrogen) atoms. The van der Waals surface area contributed by atoms with Crippen LogP contribution in [0.15, 0.2) is 53.5 Å². The molecule has 1 aliphatic rings. The fourth-order valence-electron chi connectivity index (χ4n) is 3.65. The quantitative estimate of drug-likeness (QED) is 0.555. The third kappa shape index (κ3) is 6.54. The van der Waals surface area contributed by atoms with Crippen LogP contribution < -0.4 is 10.6 Å². The van der Waals surface area contributed by atoms with Crippen molar-refractivity contribution in [1.82, 2.24) is 15.5 Å². The first kappa shape index (κ1) is 21.3. The Bertz CT molecular complexity index is 789. The molecule has 6 heteroatoms. The van der Waals surface area contributed by atoms with E-state index < -0.39 is 0 Å². The van der Waals surface area contributed by atoms with Crippen molar-refractivity contribution >= 4 is 5.96 Å². The van der Waals surface area contributed by atoms with Gasteiger partial charge in [0.1, 0.15) is 5.82 Å². The molecule has 0 spiro atoms. The molecule has 0 unspecified atom stereocenters. The van der Waals surface area contributed by atoms with Crippen molar-refractivity contribution < 1.29 is 9.13 Å². The van der Waals surface area contributed by atoms with Gasteiger partial charge in [0.2, 0.25) is 0 Å². The van der Waals surface area contributed by atoms with Gasteiger partial charge < -0.3 is 15.4 Å². The monoisotopic (exact) mass is 398 g/mol. The molecule has 3 rings (SSSR count). The second-order valence-corrected chi connectivity index (χ2v) is 7.46. The predicted octanol–water partition coefficient (Wildman–Crippen LogP) is 3.30. The summed E-state index contributed by atoms with van der Waals surface area (Å²) in [4.78, 5) is 6.84. The van der Waals surface area contributed by atoms with E-state index in [9.17, 15) is 4.39 Å². The third-order valence-corrected chi connectivity index (χ3v) is 5.27. The Morgan fingerprint density at radius 2 is 1.90 bits per heavy atom. The summed E-state index contributed by atoms with van der Waals surface area (Å²) < 4.78 is 18.8. The number of hydrogen-bond acceptors (Lipinski definition) is 3. The second kappa shape index (κ2) is 10.9. The summed E-state index contributed by atoms with van der Waals surface area (Å²) >= 11 is 0. The Kier molecular flexibility index (Phi) is 8.02. The first-order valence-electron chi connectivity index (χ1n) is 10.2. The number of guanidine groups is 1. The Balaban J connectivity index is 1.44. The molecule has 1 heterocycles. The Morgan fingerprint density at radius 1 is 1.14 bits per heavy atom. The molecular weight excluding hydrogens is 367 g/mol. The molecule has 5 nitrogen and oxygen atoms in total. The maximum Gasteiger partial charge on any atom is 0.191 e. The van der Waals surface area contributed by atoms with Crippen molar-refractivity contribution in [3.05, 3.63) is 71.0 Å². The van der Waals surface area contributed by atoms with E-state index in [4.69, 9.17) is 4.74 Å². The van der Waals surface area contributed by atoms with Gasteiger partial charge in [-0.1, -0.05) is 36.4 Å². The lowest BCUT2D eigenvalue weighted by Crippen LogP contribution is -2.48. The van der Waals surface area contributed by atoms with E-state index in [0.717, 1.165) is 44.0 Å². The molecule has 0 radical (unpaired) electrons. The van der Waals surface area contributed by atoms with E-state index in [0.29, 0.717) is 18.2 Å². The number of methoxy groups -OCH3 is 1. The summed E-state index contributed by atoms with van der Waals surface area (Å²) in [6.07, 6.45) is 2.17. The molecule has 1 fully saturated rings. The van der Waals surface area contributed by atoms with Gasteiger partial charge in [-0.2, -0.15) is 0 Å². The van der Waals surface area contributed by atoms with Crippen LogP contribution in [0.2, 0.25) is 0 Å². The average Bonchev–Trinajstić information content (AvgIpc) is 2.75. The first-order valence-corrected chi connectivity index (χ1v) is 10.2. The molecule has 0 amide bonds. The van der Waals surface area contributed by atoms with Crippen molar-refractivity contribution in [2.75, 3.05) is 27.2 Å². The SMILES string of the molecule is CN=C(NCc1ccc(F)c(COC)c1)NC1CCN(Cc2ccccc2)CC1. The van der Waals surface area contributed by atoms with E-state index in [-0.39, 0.29) is 12.4 Å². The van der Waals surface area contributed by atoms with Crippen molar-refractivity contribution in [3.63, 3.8) is 0 Å². The first-order chi connectivity index (χ1) is 14.2. The van der Waals surface area contributed by atoms with E-state index in [2.05, 4.69) is 50.9 Å². The van der Waals surface area contributed by atoms with Crippen LogP contribution in [0.5, 0.6) is 0 Å². The number of piperidine rings is 1. The normalized spacial score (nSPS) is 16.0. The molecule has 2 aromatic rings. The topological polar surface area (TPSA) is 48.9 Å². The maximum absolute atomic E-state index is 13.8. The van der Waals surface area contributed by atoms with Crippen LogP contribution in [-0.2, 0) is 24.4 Å². The van der Waals surface area contributed by atoms with E-state index in [1.165, 1.54) is 11.6 Å². The highest BCUT2D eigenvalue weighted by atomic mass is 19.1. The smallest absolute Gasteiger partial charge is 0.191 e. The minimum absolute atomic E-state index is 0.236. The molecule has 0 aliphatic carbocycles. The highest BCUT2D eigenvalue weighted by molar-refractivity contribution is 5.79. The van der Waals surface area contributed by atoms with Crippen LogP contribution >= 0.6 is 0 Å². The van der Waals surface area contributed by atoms with E-state index in [1.54, 1.807) is 20.2 Å². The molecule has 0 saturated carbocycles. The molecule has 156 valence electrons. The zero-order chi connectivity index (χ0) is 20.5. The molecule has 0 aromatic heterocycles. The lowest BCUT2D eigenvalue weighted by atomic mass is 10.0. The van der Waals surface area contributed by atoms with Gasteiger partial charge in [0.05, 0.1) is 6.61 Å². The number of benzene rings is 2. The highest BCUT2D eigenvalue weighted by Gasteiger charge is 2.20. The maximum atomic E-state index is 13.8. The number of halogens is 1. The van der Waals surface area contributed by atoms with Gasteiger partial charge in [-0.15, -0.1) is 0 Å². The molecule has 2 aromatic carbocycles. The minimum Gasteiger partial charge on any atom is -0.380 e. The zero-order valence-electron chi connectivity index (χ0n) is 17.3. The third-order valence-electron chi connectivity index (χ3n) is 5.27. The lowest BCUT2D eigenvalue weighted by Gasteiger charge is -2.33. The number of nitrogens with one attached hydrogen (secondary N) is 2. The van der Waals surface area contributed by atoms with Crippen LogP contribution in [0, 0.1) is 5.82 Å². The van der Waals surface area contributed by atoms with Gasteiger partial charge in [0.15, 0.2) is 5.96 Å². The van der Waals surface area contributed by atoms with Gasteiger partial charge in [0, 0.05) is 51.9 Å². The van der Waals surface area contributed by atoms with Crippen LogP contribution in [0.25, 0.3) is 0 Å². The summed E-state index contributed by atoms with van der Waals surface area (Å²) in [6, 6.07) is 16.1. The van der Waals surface area contributed by atoms with Crippen LogP contribution in [0.1, 0.15) is 29.5 Å². The average molecular weight is 399 g/mol. The predicted molar refractivity (Wildman–Crippen MR) is 115 cm³/mol. The van der Waals surface area contributed by atoms with Crippen molar-refractivity contribution in [3.8, 4) is 0 Å². The van der Waals surface area contributed by atoms with E-state index in [1.807, 2.05) is 6.07 Å². The van der Waals surface area contributed by atoms with Gasteiger partial charge in [-0.05, 0) is 36.1 Å². The Labute approximate surface area is 173 Å². The van der Waals surface area contributed by atoms with Crippen molar-refractivity contribution in [2.45, 2.75) is 38.6 Å². The van der Waals surface area contributed by atoms with Crippen molar-refractivity contribution in [1.29, 1.82) is 0 Å². The summed E-state index contributed by atoms with van der Waals surface area (Å²) in [5.74, 6) is 0.546. The highest BCUT2D eigenvalue weighted by Crippen LogP contribution is 2.14. The van der Waals surface area contributed by atoms with E-state index >= 15 is 0 Å². The number of nitrogens with zero attached hydrogens (tertiary/aromatic N) is 2. The molecule has 0 bridgehead atoms. The number of likely N-dealkylation sites (tertiary alicyclic amines) is 1. The van der Waals surface area contributed by atoms with Crippen LogP contribution in [-0.4, -0.2) is 44.1 Å². The summed E-state index contributed by atoms with van der Waals surface area (Å²) in [7, 11) is 3.35. The van der Waals surface area contributed by atoms with Gasteiger partial charge >= 0.3 is 0 Å². The number of hydrogen-bond donors (Lipinski definition) is 2. The molecule has 2 N–H and O–H groups in total. The zero-order valence-corrected chi connectivity index (χ0v) is 17.3. The van der Waals surface area contributed by atoms with Crippen molar-refractivity contribution in [2.24, 2.45) is 4.99 Å². The van der Waals surface area contributed by atoms with Gasteiger partial charge in [-0.25, -0.2) is 4.39 Å². The van der Waals surface area contributed by atoms with Gasteiger partial charge in [-0.3, -0.25) is 9.89 Å². The van der Waals surface area contributed by atoms with Crippen LogP contribution in [0.4, 0.5) is 4.39 Å². The van der Waals surface area contributed by atoms with Gasteiger partial charge in [0.25, 0.3) is 0 Å². The fraction of sp³-hybridized carbons (Fsp3) is 0.435. The number of rotatable bonds is 7. The Hall–Kier alpha value is -2.44. The molecule has 1 saturated heterocycles. The number of ether oxygens (including phenoxy) is 1. The number of aliphatic imine (C=N–C) groups is 1. The molecular formula is C23H31FN4O.